The van der Waals surface area contributed by atoms with Crippen molar-refractivity contribution in [1.82, 2.24) is 10.6 Å². The van der Waals surface area contributed by atoms with Crippen LogP contribution >= 0.6 is 0 Å². The van der Waals surface area contributed by atoms with Gasteiger partial charge in [-0.15, -0.1) is 0 Å². The normalized spacial score (nSPS) is 41.9. The van der Waals surface area contributed by atoms with Gasteiger partial charge in [0.25, 0.3) is 5.91 Å². The van der Waals surface area contributed by atoms with E-state index in [4.69, 9.17) is 38.7 Å². The highest BCUT2D eigenvalue weighted by atomic mass is 16.8. The van der Waals surface area contributed by atoms with E-state index in [1.165, 1.54) is 0 Å². The van der Waals surface area contributed by atoms with E-state index >= 15 is 0 Å². The zero-order chi connectivity index (χ0) is 37.2. The molecule has 2 amide bonds. The Morgan fingerprint density at radius 2 is 1.68 bits per heavy atom. The first-order valence-electron chi connectivity index (χ1n) is 17.6. The van der Waals surface area contributed by atoms with E-state index in [0.29, 0.717) is 19.3 Å². The number of aliphatic hydroxyl groups excluding tert-OH is 2. The summed E-state index contributed by atoms with van der Waals surface area (Å²) >= 11 is 0. The van der Waals surface area contributed by atoms with Crippen molar-refractivity contribution < 1.29 is 58.1 Å². The van der Waals surface area contributed by atoms with Crippen molar-refractivity contribution in [3.63, 3.8) is 0 Å². The average Bonchev–Trinajstić information content (AvgIpc) is 3.33. The van der Waals surface area contributed by atoms with Crippen molar-refractivity contribution in [2.75, 3.05) is 13.2 Å². The fourth-order valence-corrected chi connectivity index (χ4v) is 6.93. The maximum Gasteiger partial charge on any atom is 0.408 e. The fourth-order valence-electron chi connectivity index (χ4n) is 6.93. The van der Waals surface area contributed by atoms with Crippen LogP contribution in [0.25, 0.3) is 10.4 Å². The van der Waals surface area contributed by atoms with E-state index in [9.17, 15) is 24.9 Å². The number of azide groups is 1. The third kappa shape index (κ3) is 9.97. The van der Waals surface area contributed by atoms with E-state index in [1.807, 2.05) is 13.8 Å². The van der Waals surface area contributed by atoms with Crippen LogP contribution in [0.5, 0.6) is 0 Å². The molecule has 1 aliphatic carbocycles. The molecule has 1 saturated carbocycles. The molecule has 0 aromatic heterocycles. The Kier molecular flexibility index (Phi) is 13.1. The van der Waals surface area contributed by atoms with Crippen LogP contribution in [0.1, 0.15) is 88.0 Å². The average molecular weight is 716 g/mol. The van der Waals surface area contributed by atoms with Crippen LogP contribution in [0.15, 0.2) is 5.11 Å². The summed E-state index contributed by atoms with van der Waals surface area (Å²) in [6.07, 6.45) is -7.48. The number of aliphatic hydroxyl groups is 3. The van der Waals surface area contributed by atoms with Crippen molar-refractivity contribution in [3.05, 3.63) is 10.4 Å². The predicted molar refractivity (Wildman–Crippen MR) is 176 cm³/mol. The molecule has 3 heterocycles. The zero-order valence-electron chi connectivity index (χ0n) is 30.6. The van der Waals surface area contributed by atoms with Crippen LogP contribution in [0.3, 0.4) is 0 Å². The van der Waals surface area contributed by atoms with Gasteiger partial charge < -0.3 is 59.1 Å². The molecule has 0 radical (unpaired) electrons. The molecule has 50 heavy (non-hydrogen) atoms. The number of ether oxygens (including phenoxy) is 7. The van der Waals surface area contributed by atoms with Crippen molar-refractivity contribution in [3.8, 4) is 0 Å². The van der Waals surface area contributed by atoms with Crippen molar-refractivity contribution in [1.29, 1.82) is 0 Å². The number of amides is 2. The Morgan fingerprint density at radius 1 is 1.00 bits per heavy atom. The summed E-state index contributed by atoms with van der Waals surface area (Å²) in [6.45, 7) is 15.4. The van der Waals surface area contributed by atoms with Crippen LogP contribution in [-0.2, 0) is 38.0 Å². The summed E-state index contributed by atoms with van der Waals surface area (Å²) in [6, 6.07) is -1.41. The number of hydrogen-bond donors (Lipinski definition) is 5. The molecule has 0 bridgehead atoms. The number of carbonyl (C=O) groups is 2. The van der Waals surface area contributed by atoms with Crippen molar-refractivity contribution >= 4 is 12.0 Å². The topological polar surface area (TPSA) is 232 Å². The molecule has 14 atom stereocenters. The van der Waals surface area contributed by atoms with E-state index in [2.05, 4.69) is 20.7 Å². The molecule has 0 aromatic rings. The molecule has 17 nitrogen and oxygen atoms in total. The number of nitrogens with zero attached hydrogens (tertiary/aromatic N) is 3. The van der Waals surface area contributed by atoms with Crippen molar-refractivity contribution in [2.24, 2.45) is 17.0 Å². The van der Waals surface area contributed by atoms with Crippen molar-refractivity contribution in [2.45, 2.75) is 172 Å². The minimum Gasteiger partial charge on any atom is -0.444 e. The fraction of sp³-hybridized carbons (Fsp3) is 0.939. The van der Waals surface area contributed by atoms with Crippen LogP contribution in [0.4, 0.5) is 4.79 Å². The van der Waals surface area contributed by atoms with Gasteiger partial charge in [-0.25, -0.2) is 4.79 Å². The maximum atomic E-state index is 13.7. The lowest BCUT2D eigenvalue weighted by Gasteiger charge is -2.49. The van der Waals surface area contributed by atoms with Gasteiger partial charge in [-0.1, -0.05) is 25.9 Å². The number of hydrogen-bond acceptors (Lipinski definition) is 13. The lowest BCUT2D eigenvalue weighted by Crippen LogP contribution is -2.65. The summed E-state index contributed by atoms with van der Waals surface area (Å²) in [5.41, 5.74) is 6.82. The molecule has 0 aromatic carbocycles. The molecular weight excluding hydrogens is 658 g/mol. The van der Waals surface area contributed by atoms with Crippen LogP contribution in [0.2, 0.25) is 0 Å². The minimum absolute atomic E-state index is 0.136. The highest BCUT2D eigenvalue weighted by Crippen LogP contribution is 2.37. The highest BCUT2D eigenvalue weighted by Gasteiger charge is 2.52. The second kappa shape index (κ2) is 16.1. The van der Waals surface area contributed by atoms with Crippen LogP contribution < -0.4 is 10.6 Å². The molecule has 3 aliphatic heterocycles. The number of alkyl carbamates (subject to hydrolysis) is 1. The molecule has 4 fully saturated rings. The second-order valence-corrected chi connectivity index (χ2v) is 15.7. The Morgan fingerprint density at radius 3 is 2.32 bits per heavy atom. The molecule has 4 rings (SSSR count). The van der Waals surface area contributed by atoms with Gasteiger partial charge in [0.15, 0.2) is 24.5 Å². The molecular formula is C33H57N5O12. The molecule has 4 aliphatic rings. The van der Waals surface area contributed by atoms with Gasteiger partial charge in [0.1, 0.15) is 30.0 Å². The maximum absolute atomic E-state index is 13.7. The predicted octanol–water partition coefficient (Wildman–Crippen LogP) is 2.39. The Labute approximate surface area is 293 Å². The summed E-state index contributed by atoms with van der Waals surface area (Å²) < 4.78 is 42.0. The molecule has 5 N–H and O–H groups in total. The SMILES string of the molecule is CC[C@@H]1CCC(NC(=O)OC(C)(C)C)[C@@H](OC2C(O)C(O[C@H]3OCC(C)(O)[C@H](C)C3O)[C@H](NC(=O)[C@H]3OC(C)(C)OC3CN=[N+]=[N-])C[C@@H]2C)O1. The number of nitrogens with one attached hydrogen (secondary N) is 2. The Balaban J connectivity index is 1.58. The van der Waals surface area contributed by atoms with Crippen LogP contribution in [-0.4, -0.2) is 125 Å². The standard InChI is InChI=1S/C33H57N5O12/c1-10-18-11-12-19(37-30(42)50-31(4,5)6)28(45-18)46-24-16(2)13-20(36-27(41)26-21(14-35-38-34)48-32(7,8)49-26)25(23(24)40)47-29-22(39)17(3)33(9,43)15-44-29/h16-26,28-29,39-40,43H,10-15H2,1-9H3,(H,36,41)(H,37,42)/t16-,17+,18+,19?,20+,21?,22?,23?,24?,25?,26-,28+,29+,33?/m0/s1. The summed E-state index contributed by atoms with van der Waals surface area (Å²) in [7, 11) is 0. The Hall–Kier alpha value is -2.31. The molecule has 3 saturated heterocycles. The van der Waals surface area contributed by atoms with E-state index in [-0.39, 0.29) is 31.6 Å². The van der Waals surface area contributed by atoms with Gasteiger partial charge >= 0.3 is 6.09 Å². The first-order chi connectivity index (χ1) is 23.2. The first kappa shape index (κ1) is 40.5. The molecule has 0 spiro atoms. The van der Waals surface area contributed by atoms with Gasteiger partial charge in [-0.05, 0) is 78.7 Å². The summed E-state index contributed by atoms with van der Waals surface area (Å²) in [5.74, 6) is -2.72. The zero-order valence-corrected chi connectivity index (χ0v) is 30.6. The number of rotatable bonds is 10. The van der Waals surface area contributed by atoms with Gasteiger partial charge in [-0.3, -0.25) is 4.79 Å². The highest BCUT2D eigenvalue weighted by molar-refractivity contribution is 5.82. The van der Waals surface area contributed by atoms with E-state index < -0.39 is 96.2 Å². The molecule has 7 unspecified atom stereocenters. The van der Waals surface area contributed by atoms with Gasteiger partial charge in [0, 0.05) is 10.8 Å². The van der Waals surface area contributed by atoms with Crippen LogP contribution in [0, 0.1) is 11.8 Å². The monoisotopic (exact) mass is 715 g/mol. The summed E-state index contributed by atoms with van der Waals surface area (Å²) in [5, 5.41) is 43.1. The van der Waals surface area contributed by atoms with E-state index in [0.717, 1.165) is 0 Å². The Bertz CT molecular complexity index is 1230. The second-order valence-electron chi connectivity index (χ2n) is 15.7. The van der Waals surface area contributed by atoms with Gasteiger partial charge in [0.2, 0.25) is 0 Å². The molecule has 286 valence electrons. The lowest BCUT2D eigenvalue weighted by atomic mass is 9.79. The van der Waals surface area contributed by atoms with Gasteiger partial charge in [-0.2, -0.15) is 0 Å². The minimum atomic E-state index is -1.39. The largest absolute Gasteiger partial charge is 0.444 e. The van der Waals surface area contributed by atoms with E-state index in [1.54, 1.807) is 48.5 Å². The summed E-state index contributed by atoms with van der Waals surface area (Å²) in [4.78, 5) is 29.3. The molecule has 17 heteroatoms. The third-order valence-electron chi connectivity index (χ3n) is 9.86. The number of carbonyl (C=O) groups excluding carboxylic acids is 2. The van der Waals surface area contributed by atoms with Gasteiger partial charge in [0.05, 0.1) is 43.0 Å². The first-order valence-corrected chi connectivity index (χ1v) is 17.6. The quantitative estimate of drug-likeness (QED) is 0.125. The smallest absolute Gasteiger partial charge is 0.408 e. The lowest BCUT2D eigenvalue weighted by molar-refractivity contribution is -0.317. The third-order valence-corrected chi connectivity index (χ3v) is 9.86.